The van der Waals surface area contributed by atoms with Crippen molar-refractivity contribution in [2.24, 2.45) is 0 Å². The molecule has 0 aliphatic carbocycles. The van der Waals surface area contributed by atoms with Gasteiger partial charge in [0, 0.05) is 67.1 Å². The molecule has 0 aliphatic heterocycles. The van der Waals surface area contributed by atoms with Gasteiger partial charge < -0.3 is 0 Å². The topological polar surface area (TPSA) is 51.6 Å². The molecule has 13 rings (SSSR count). The molecule has 0 amide bonds. The molecule has 4 aromatic heterocycles. The number of aromatic nitrogens is 4. The summed E-state index contributed by atoms with van der Waals surface area (Å²) in [5.41, 5.74) is 15.5. The number of nitrogens with zero attached hydrogens (tertiary/aromatic N) is 4. The van der Waals surface area contributed by atoms with Gasteiger partial charge in [-0.05, 0) is 86.3 Å². The number of rotatable bonds is 6. The van der Waals surface area contributed by atoms with E-state index < -0.39 is 0 Å². The Kier molecular flexibility index (Phi) is 8.81. The van der Waals surface area contributed by atoms with Crippen LogP contribution >= 0.6 is 0 Å². The predicted molar refractivity (Wildman–Crippen MR) is 275 cm³/mol. The van der Waals surface area contributed by atoms with Crippen molar-refractivity contribution >= 4 is 65.0 Å². The molecule has 0 radical (unpaired) electrons. The van der Waals surface area contributed by atoms with E-state index in [1.165, 1.54) is 26.9 Å². The number of pyridine rings is 4. The van der Waals surface area contributed by atoms with Crippen molar-refractivity contribution in [3.63, 3.8) is 0 Å². The second-order valence-electron chi connectivity index (χ2n) is 17.0. The van der Waals surface area contributed by atoms with Crippen molar-refractivity contribution in [1.29, 1.82) is 0 Å². The summed E-state index contributed by atoms with van der Waals surface area (Å²) < 4.78 is 0. The maximum absolute atomic E-state index is 5.44. The molecular weight excluding hydrogens is 801 g/mol. The lowest BCUT2D eigenvalue weighted by atomic mass is 9.89. The van der Waals surface area contributed by atoms with Crippen LogP contribution in [-0.4, -0.2) is 19.9 Å². The van der Waals surface area contributed by atoms with Crippen molar-refractivity contribution in [3.8, 4) is 67.2 Å². The quantitative estimate of drug-likeness (QED) is 0.157. The van der Waals surface area contributed by atoms with Gasteiger partial charge in [0.2, 0.25) is 0 Å². The van der Waals surface area contributed by atoms with E-state index in [1.807, 2.05) is 24.5 Å². The lowest BCUT2D eigenvalue weighted by Crippen LogP contribution is -1.95. The third-order valence-electron chi connectivity index (χ3n) is 13.1. The molecule has 0 unspecified atom stereocenters. The fourth-order valence-corrected chi connectivity index (χ4v) is 9.91. The second kappa shape index (κ2) is 15.4. The number of hydrogen-bond donors (Lipinski definition) is 0. The number of para-hydroxylation sites is 3. The normalized spacial score (nSPS) is 11.6. The van der Waals surface area contributed by atoms with Crippen molar-refractivity contribution < 1.29 is 0 Å². The average molecular weight is 839 g/mol. The predicted octanol–water partition coefficient (Wildman–Crippen LogP) is 16.2. The van der Waals surface area contributed by atoms with Crippen molar-refractivity contribution in [2.75, 3.05) is 0 Å². The van der Waals surface area contributed by atoms with Crippen molar-refractivity contribution in [1.82, 2.24) is 19.9 Å². The number of benzene rings is 9. The van der Waals surface area contributed by atoms with Crippen LogP contribution in [0.1, 0.15) is 0 Å². The Labute approximate surface area is 381 Å². The Morgan fingerprint density at radius 3 is 1.44 bits per heavy atom. The molecule has 66 heavy (non-hydrogen) atoms. The van der Waals surface area contributed by atoms with Gasteiger partial charge in [0.1, 0.15) is 0 Å². The lowest BCUT2D eigenvalue weighted by Gasteiger charge is -2.17. The van der Waals surface area contributed by atoms with Gasteiger partial charge in [-0.3, -0.25) is 9.97 Å². The Morgan fingerprint density at radius 2 is 0.788 bits per heavy atom. The summed E-state index contributed by atoms with van der Waals surface area (Å²) in [5, 5.41) is 10.4. The lowest BCUT2D eigenvalue weighted by molar-refractivity contribution is 1.32. The summed E-state index contributed by atoms with van der Waals surface area (Å²) in [7, 11) is 0. The Bertz CT molecular complexity index is 3890. The van der Waals surface area contributed by atoms with Crippen LogP contribution in [0.2, 0.25) is 0 Å². The molecule has 0 bridgehead atoms. The third kappa shape index (κ3) is 6.38. The SMILES string of the molecule is c1ccc2cc(-c3nc4ccccc4c4c3cc(-c3cc(-c5ccc(-c6cccc7cccnc67)cc5)nc(-c5ccc(-c6cccc7cccnc67)cc5)c3)c3ccccc34)ccc2c1. The highest BCUT2D eigenvalue weighted by molar-refractivity contribution is 6.25. The molecule has 0 spiro atoms. The van der Waals surface area contributed by atoms with Crippen LogP contribution in [0.25, 0.3) is 132 Å². The first-order chi connectivity index (χ1) is 32.7. The van der Waals surface area contributed by atoms with Crippen LogP contribution in [0.4, 0.5) is 0 Å². The fourth-order valence-electron chi connectivity index (χ4n) is 9.91. The summed E-state index contributed by atoms with van der Waals surface area (Å²) >= 11 is 0. The molecule has 0 saturated carbocycles. The molecule has 306 valence electrons. The fraction of sp³-hybridized carbons (Fsp3) is 0. The number of hydrogen-bond acceptors (Lipinski definition) is 4. The van der Waals surface area contributed by atoms with Gasteiger partial charge in [-0.25, -0.2) is 9.97 Å². The van der Waals surface area contributed by atoms with E-state index in [4.69, 9.17) is 19.9 Å². The summed E-state index contributed by atoms with van der Waals surface area (Å²) in [6.45, 7) is 0. The second-order valence-corrected chi connectivity index (χ2v) is 17.0. The van der Waals surface area contributed by atoms with Gasteiger partial charge in [0.25, 0.3) is 0 Å². The van der Waals surface area contributed by atoms with Crippen LogP contribution in [0, 0.1) is 0 Å². The van der Waals surface area contributed by atoms with E-state index in [2.05, 4.69) is 206 Å². The van der Waals surface area contributed by atoms with Crippen LogP contribution in [-0.2, 0) is 0 Å². The zero-order valence-electron chi connectivity index (χ0n) is 35.7. The van der Waals surface area contributed by atoms with Crippen molar-refractivity contribution in [3.05, 3.63) is 231 Å². The highest BCUT2D eigenvalue weighted by Gasteiger charge is 2.19. The largest absolute Gasteiger partial charge is 0.256 e. The summed E-state index contributed by atoms with van der Waals surface area (Å²) in [6.07, 6.45) is 3.73. The molecule has 0 fully saturated rings. The zero-order chi connectivity index (χ0) is 43.6. The van der Waals surface area contributed by atoms with Crippen LogP contribution < -0.4 is 0 Å². The van der Waals surface area contributed by atoms with E-state index in [0.717, 1.165) is 105 Å². The Balaban J connectivity index is 1.03. The van der Waals surface area contributed by atoms with E-state index in [0.29, 0.717) is 0 Å². The molecule has 4 heterocycles. The van der Waals surface area contributed by atoms with E-state index in [1.54, 1.807) is 0 Å². The van der Waals surface area contributed by atoms with Gasteiger partial charge in [-0.1, -0.05) is 176 Å². The monoisotopic (exact) mass is 838 g/mol. The number of fused-ring (bicyclic) bond motifs is 8. The van der Waals surface area contributed by atoms with Crippen LogP contribution in [0.15, 0.2) is 231 Å². The molecule has 4 heteroatoms. The van der Waals surface area contributed by atoms with Gasteiger partial charge in [0.05, 0.1) is 33.6 Å². The highest BCUT2D eigenvalue weighted by atomic mass is 14.7. The summed E-state index contributed by atoms with van der Waals surface area (Å²) in [5.74, 6) is 0. The molecule has 13 aromatic rings. The third-order valence-corrected chi connectivity index (χ3v) is 13.1. The molecule has 9 aromatic carbocycles. The Morgan fingerprint density at radius 1 is 0.273 bits per heavy atom. The maximum Gasteiger partial charge on any atom is 0.0788 e. The van der Waals surface area contributed by atoms with E-state index in [9.17, 15) is 0 Å². The van der Waals surface area contributed by atoms with Gasteiger partial charge in [-0.2, -0.15) is 0 Å². The van der Waals surface area contributed by atoms with Crippen LogP contribution in [0.5, 0.6) is 0 Å². The minimum Gasteiger partial charge on any atom is -0.256 e. The summed E-state index contributed by atoms with van der Waals surface area (Å²) in [4.78, 5) is 20.4. The minimum atomic E-state index is 0.892. The molecule has 0 saturated heterocycles. The molecule has 0 N–H and O–H groups in total. The van der Waals surface area contributed by atoms with Gasteiger partial charge >= 0.3 is 0 Å². The zero-order valence-corrected chi connectivity index (χ0v) is 35.7. The first-order valence-corrected chi connectivity index (χ1v) is 22.4. The smallest absolute Gasteiger partial charge is 0.0788 e. The molecular formula is C62H38N4. The molecule has 0 atom stereocenters. The molecule has 4 nitrogen and oxygen atoms in total. The van der Waals surface area contributed by atoms with Crippen LogP contribution in [0.3, 0.4) is 0 Å². The average Bonchev–Trinajstić information content (AvgIpc) is 3.39. The first kappa shape index (κ1) is 37.7. The first-order valence-electron chi connectivity index (χ1n) is 22.4. The molecule has 0 aliphatic rings. The standard InChI is InChI=1S/C62H38N4/c1-2-12-46-35-47(32-23-39(46)11-1)62-55-38-54(51-17-3-4-18-52(51)59(55)53-19-5-6-22-56(53)66-62)48-36-57(42-28-24-40(25-29-42)49-20-7-13-44-15-9-33-63-60(44)49)65-58(37-48)43-30-26-41(27-31-43)50-21-8-14-45-16-10-34-64-61(45)50/h1-38H. The van der Waals surface area contributed by atoms with Gasteiger partial charge in [0.15, 0.2) is 0 Å². The minimum absolute atomic E-state index is 0.892. The summed E-state index contributed by atoms with van der Waals surface area (Å²) in [6, 6.07) is 78.0. The van der Waals surface area contributed by atoms with Crippen molar-refractivity contribution in [2.45, 2.75) is 0 Å². The highest BCUT2D eigenvalue weighted by Crippen LogP contribution is 2.44. The Hall–Kier alpha value is -8.86. The van der Waals surface area contributed by atoms with Gasteiger partial charge in [-0.15, -0.1) is 0 Å². The van der Waals surface area contributed by atoms with E-state index in [-0.39, 0.29) is 0 Å². The van der Waals surface area contributed by atoms with E-state index >= 15 is 0 Å². The maximum atomic E-state index is 5.44.